The average Bonchev–Trinajstić information content (AvgIpc) is 3.90. The minimum absolute atomic E-state index is 0.336. The lowest BCUT2D eigenvalue weighted by atomic mass is 9.35. The summed E-state index contributed by atoms with van der Waals surface area (Å²) in [5.74, 6) is -2.52. The summed E-state index contributed by atoms with van der Waals surface area (Å²) in [7, 11) is 0. The Kier molecular flexibility index (Phi) is 2.20. The van der Waals surface area contributed by atoms with Crippen LogP contribution < -0.4 is 25.9 Å². The highest BCUT2D eigenvalue weighted by Crippen LogP contribution is 2.42. The molecule has 9 aromatic rings. The first-order valence-corrected chi connectivity index (χ1v) is 14.0. The molecular formula is C42H25BN2O2. The molecule has 0 bridgehead atoms. The Bertz CT molecular complexity index is 4010. The molecule has 218 valence electrons. The summed E-state index contributed by atoms with van der Waals surface area (Å²) in [4.78, 5) is 0. The molecule has 7 aromatic carbocycles. The number of fused-ring (bicyclic) bond motifs is 10. The molecule has 0 spiro atoms. The summed E-state index contributed by atoms with van der Waals surface area (Å²) in [6.07, 6.45) is 0. The van der Waals surface area contributed by atoms with Gasteiger partial charge in [-0.15, -0.1) is 0 Å². The molecule has 4 heterocycles. The van der Waals surface area contributed by atoms with Crippen LogP contribution in [0.25, 0.3) is 55.0 Å². The Morgan fingerprint density at radius 3 is 1.51 bits per heavy atom. The number of aromatic nitrogens is 2. The second kappa shape index (κ2) is 9.18. The second-order valence-electron chi connectivity index (χ2n) is 10.6. The van der Waals surface area contributed by atoms with Gasteiger partial charge in [0.2, 0.25) is 0 Å². The van der Waals surface area contributed by atoms with E-state index in [0.29, 0.717) is 0 Å². The summed E-state index contributed by atoms with van der Waals surface area (Å²) in [5, 5.41) is -2.09. The lowest BCUT2D eigenvalue weighted by Crippen LogP contribution is -2.57. The fourth-order valence-electron chi connectivity index (χ4n) is 6.43. The van der Waals surface area contributed by atoms with Gasteiger partial charge in [0.1, 0.15) is 23.0 Å². The van der Waals surface area contributed by atoms with Crippen LogP contribution >= 0.6 is 0 Å². The van der Waals surface area contributed by atoms with E-state index >= 15 is 0 Å². The van der Waals surface area contributed by atoms with Crippen molar-refractivity contribution in [3.8, 4) is 34.4 Å². The number of nitrogens with zero attached hydrogens (tertiary/aromatic N) is 2. The number of benzene rings is 7. The van der Waals surface area contributed by atoms with Gasteiger partial charge in [-0.05, 0) is 47.2 Å². The molecule has 0 saturated heterocycles. The number of hydrogen-bond donors (Lipinski definition) is 0. The van der Waals surface area contributed by atoms with Gasteiger partial charge >= 0.3 is 0 Å². The van der Waals surface area contributed by atoms with Gasteiger partial charge in [-0.2, -0.15) is 0 Å². The summed E-state index contributed by atoms with van der Waals surface area (Å²) in [6, 6.07) is -21.1. The lowest BCUT2D eigenvalue weighted by Gasteiger charge is -2.33. The molecule has 0 N–H and O–H groups in total. The molecule has 0 fully saturated rings. The van der Waals surface area contributed by atoms with Crippen LogP contribution in [0.5, 0.6) is 23.0 Å². The molecule has 0 radical (unpaired) electrons. The minimum Gasteiger partial charge on any atom is -0.458 e. The highest BCUT2D eigenvalue weighted by molar-refractivity contribution is 6.98. The molecule has 0 saturated carbocycles. The Morgan fingerprint density at radius 2 is 0.915 bits per heavy atom. The average molecular weight is 626 g/mol. The van der Waals surface area contributed by atoms with Crippen molar-refractivity contribution in [3.63, 3.8) is 0 Å². The third-order valence-electron chi connectivity index (χ3n) is 8.26. The van der Waals surface area contributed by atoms with E-state index < -0.39 is 236 Å². The standard InChI is InChI=1S/C42H25BN2O2/c1-7-19-34-27(12-1)28-13-2-8-20-35(28)45(34)36-21-11-15-30-29-14-3-6-18-33(29)44(42(30)36)26-24-39-41-40(25-26)47-38-23-10-5-17-32(38)43(41)31-16-4-9-22-37(31)46-39/h1-25H/i1D,2D,3D,4D,5D,6D,7D,8D,9D,10D,11D,12D,13D,14D,15D,16D,17D,18D,19D,20D,21D,22D,23D,24D,25D. The van der Waals surface area contributed by atoms with Gasteiger partial charge in [0.05, 0.1) is 67.7 Å². The van der Waals surface area contributed by atoms with Crippen LogP contribution in [0, 0.1) is 0 Å². The molecule has 2 aliphatic rings. The minimum atomic E-state index is -1.66. The van der Waals surface area contributed by atoms with Gasteiger partial charge in [-0.3, -0.25) is 0 Å². The maximum absolute atomic E-state index is 10.0. The first-order valence-electron chi connectivity index (χ1n) is 26.5. The summed E-state index contributed by atoms with van der Waals surface area (Å²) < 4.78 is 240. The summed E-state index contributed by atoms with van der Waals surface area (Å²) in [5.41, 5.74) is -5.04. The zero-order valence-electron chi connectivity index (χ0n) is 48.3. The Morgan fingerprint density at radius 1 is 0.447 bits per heavy atom. The number of rotatable bonds is 2. The van der Waals surface area contributed by atoms with Crippen molar-refractivity contribution in [2.45, 2.75) is 0 Å². The molecule has 5 heteroatoms. The van der Waals surface area contributed by atoms with E-state index in [9.17, 15) is 12.3 Å². The van der Waals surface area contributed by atoms with Gasteiger partial charge < -0.3 is 18.6 Å². The molecule has 11 rings (SSSR count). The molecule has 0 amide bonds. The lowest BCUT2D eigenvalue weighted by molar-refractivity contribution is 0.464. The van der Waals surface area contributed by atoms with Gasteiger partial charge in [-0.25, -0.2) is 0 Å². The predicted octanol–water partition coefficient (Wildman–Crippen LogP) is 8.61. The van der Waals surface area contributed by atoms with E-state index in [1.165, 1.54) is 0 Å². The zero-order chi connectivity index (χ0) is 52.4. The van der Waals surface area contributed by atoms with E-state index in [1.807, 2.05) is 0 Å². The van der Waals surface area contributed by atoms with Crippen molar-refractivity contribution in [2.24, 2.45) is 0 Å². The van der Waals surface area contributed by atoms with Crippen molar-refractivity contribution in [2.75, 3.05) is 0 Å². The smallest absolute Gasteiger partial charge is 0.260 e. The van der Waals surface area contributed by atoms with Crippen LogP contribution in [0.2, 0.25) is 0 Å². The van der Waals surface area contributed by atoms with Crippen LogP contribution in [0.15, 0.2) is 151 Å². The first-order chi connectivity index (χ1) is 33.7. The highest BCUT2D eigenvalue weighted by atomic mass is 16.5. The van der Waals surface area contributed by atoms with Gasteiger partial charge in [0.25, 0.3) is 6.71 Å². The third kappa shape index (κ3) is 3.32. The summed E-state index contributed by atoms with van der Waals surface area (Å²) in [6.45, 7) is -1.66. The monoisotopic (exact) mass is 625 g/mol. The fourth-order valence-corrected chi connectivity index (χ4v) is 6.43. The molecule has 0 aliphatic carbocycles. The van der Waals surface area contributed by atoms with E-state index in [-0.39, 0.29) is 16.4 Å². The van der Waals surface area contributed by atoms with E-state index in [2.05, 4.69) is 0 Å². The normalized spacial score (nSPS) is 20.4. The fraction of sp³-hybridized carbons (Fsp3) is 0. The van der Waals surface area contributed by atoms with E-state index in [1.54, 1.807) is 0 Å². The Hall–Kier alpha value is -6.20. The van der Waals surface area contributed by atoms with Gasteiger partial charge in [0, 0.05) is 39.1 Å². The van der Waals surface area contributed by atoms with Crippen LogP contribution in [-0.2, 0) is 0 Å². The summed E-state index contributed by atoms with van der Waals surface area (Å²) >= 11 is 0. The highest BCUT2D eigenvalue weighted by Gasteiger charge is 2.40. The third-order valence-corrected chi connectivity index (χ3v) is 8.26. The molecule has 4 nitrogen and oxygen atoms in total. The second-order valence-corrected chi connectivity index (χ2v) is 10.6. The van der Waals surface area contributed by atoms with Gasteiger partial charge in [0.15, 0.2) is 0 Å². The van der Waals surface area contributed by atoms with Crippen molar-refractivity contribution >= 4 is 66.7 Å². The number of hydrogen-bond acceptors (Lipinski definition) is 2. The quantitative estimate of drug-likeness (QED) is 0.180. The van der Waals surface area contributed by atoms with Crippen LogP contribution in [0.4, 0.5) is 0 Å². The Balaban J connectivity index is 1.44. The largest absolute Gasteiger partial charge is 0.458 e. The maximum Gasteiger partial charge on any atom is 0.260 e. The number of para-hydroxylation sites is 6. The van der Waals surface area contributed by atoms with E-state index in [0.717, 1.165) is 9.13 Å². The van der Waals surface area contributed by atoms with Crippen molar-refractivity contribution in [3.05, 3.63) is 151 Å². The first kappa shape index (κ1) is 11.3. The predicted molar refractivity (Wildman–Crippen MR) is 193 cm³/mol. The number of ether oxygens (including phenoxy) is 2. The van der Waals surface area contributed by atoms with E-state index in [4.69, 9.17) is 31.4 Å². The van der Waals surface area contributed by atoms with Crippen molar-refractivity contribution in [1.82, 2.24) is 9.13 Å². The van der Waals surface area contributed by atoms with Crippen molar-refractivity contribution < 1.29 is 43.7 Å². The van der Waals surface area contributed by atoms with Crippen LogP contribution in [-0.4, -0.2) is 15.8 Å². The van der Waals surface area contributed by atoms with Crippen LogP contribution in [0.1, 0.15) is 34.3 Å². The maximum atomic E-state index is 10.0. The molecule has 2 aromatic heterocycles. The molecule has 0 atom stereocenters. The zero-order valence-corrected chi connectivity index (χ0v) is 23.3. The molecule has 0 unspecified atom stereocenters. The van der Waals surface area contributed by atoms with Crippen LogP contribution in [0.3, 0.4) is 0 Å². The SMILES string of the molecule is [2H]c1c([2H])c([2H])c2c(c1[2H])Oc1c([2H])c(-n3c4c([2H])c([2H])c([2H])c([2H])c4c4c([2H])c([2H])c([2H])c(-n5c6c([2H])c([2H])c([2H])c([2H])c6c6c([2H])c([2H])c([2H])c([2H])c65)c43)c([2H])c3c1B2c1c([2H])c([2H])c([2H])c([2H])c1O3. The Labute approximate surface area is 305 Å². The van der Waals surface area contributed by atoms with Crippen molar-refractivity contribution in [1.29, 1.82) is 0 Å². The molecule has 47 heavy (non-hydrogen) atoms. The topological polar surface area (TPSA) is 28.3 Å². The van der Waals surface area contributed by atoms with Gasteiger partial charge in [-0.1, -0.05) is 103 Å². The molecular weight excluding hydrogens is 575 g/mol. The molecule has 2 aliphatic heterocycles.